The topological polar surface area (TPSA) is 52.6 Å². The molecule has 1 aromatic rings. The second-order valence-corrected chi connectivity index (χ2v) is 5.68. The highest BCUT2D eigenvalue weighted by Crippen LogP contribution is 2.19. The van der Waals surface area contributed by atoms with Gasteiger partial charge in [0.1, 0.15) is 0 Å². The Balaban J connectivity index is 1.99. The molecule has 0 spiro atoms. The van der Waals surface area contributed by atoms with Crippen LogP contribution < -0.4 is 5.32 Å². The summed E-state index contributed by atoms with van der Waals surface area (Å²) >= 11 is 0. The van der Waals surface area contributed by atoms with Crippen LogP contribution in [0, 0.1) is 13.8 Å². The van der Waals surface area contributed by atoms with E-state index in [-0.39, 0.29) is 18.1 Å². The molecule has 1 fully saturated rings. The van der Waals surface area contributed by atoms with Crippen LogP contribution in [0.1, 0.15) is 30.9 Å². The van der Waals surface area contributed by atoms with Crippen molar-refractivity contribution in [3.8, 4) is 0 Å². The molecular formula is C16H24N2O2. The lowest BCUT2D eigenvalue weighted by molar-refractivity contribution is -0.121. The molecule has 1 aliphatic heterocycles. The summed E-state index contributed by atoms with van der Waals surface area (Å²) in [5.74, 6) is 0.0232. The molecule has 1 unspecified atom stereocenters. The first kappa shape index (κ1) is 15.0. The summed E-state index contributed by atoms with van der Waals surface area (Å²) in [5, 5.41) is 12.5. The van der Waals surface area contributed by atoms with E-state index in [1.165, 1.54) is 5.56 Å². The number of carbonyl (C=O) groups is 1. The number of anilines is 1. The summed E-state index contributed by atoms with van der Waals surface area (Å²) in [6, 6.07) is 5.77. The predicted octanol–water partition coefficient (Wildman–Crippen LogP) is 2.09. The Morgan fingerprint density at radius 3 is 2.65 bits per heavy atom. The molecule has 1 aromatic carbocycles. The quantitative estimate of drug-likeness (QED) is 0.889. The fourth-order valence-electron chi connectivity index (χ4n) is 2.56. The number of aryl methyl sites for hydroxylation is 1. The second kappa shape index (κ2) is 6.37. The van der Waals surface area contributed by atoms with Gasteiger partial charge in [-0.3, -0.25) is 9.69 Å². The third kappa shape index (κ3) is 3.38. The van der Waals surface area contributed by atoms with Crippen molar-refractivity contribution < 1.29 is 9.90 Å². The third-order valence-corrected chi connectivity index (χ3v) is 4.29. The summed E-state index contributed by atoms with van der Waals surface area (Å²) in [5.41, 5.74) is 3.18. The molecule has 4 heteroatoms. The van der Waals surface area contributed by atoms with Crippen LogP contribution in [-0.4, -0.2) is 41.1 Å². The van der Waals surface area contributed by atoms with E-state index in [4.69, 9.17) is 0 Å². The van der Waals surface area contributed by atoms with Gasteiger partial charge in [-0.15, -0.1) is 0 Å². The Kier molecular flexibility index (Phi) is 4.78. The highest BCUT2D eigenvalue weighted by molar-refractivity contribution is 5.95. The van der Waals surface area contributed by atoms with Crippen molar-refractivity contribution >= 4 is 11.6 Å². The standard InChI is InChI=1S/C16H24N2O2/c1-11-5-4-6-15(12(11)2)17-16(20)13(3)18-9-7-14(19)8-10-18/h4-6,13-14,19H,7-10H2,1-3H3,(H,17,20). The van der Waals surface area contributed by atoms with Crippen LogP contribution in [0.2, 0.25) is 0 Å². The van der Waals surface area contributed by atoms with E-state index in [0.717, 1.165) is 37.2 Å². The van der Waals surface area contributed by atoms with E-state index >= 15 is 0 Å². The van der Waals surface area contributed by atoms with Gasteiger partial charge in [0, 0.05) is 18.8 Å². The second-order valence-electron chi connectivity index (χ2n) is 5.68. The van der Waals surface area contributed by atoms with Crippen LogP contribution in [0.15, 0.2) is 18.2 Å². The largest absolute Gasteiger partial charge is 0.393 e. The lowest BCUT2D eigenvalue weighted by Gasteiger charge is -2.33. The van der Waals surface area contributed by atoms with Gasteiger partial charge in [0.25, 0.3) is 0 Å². The first-order valence-electron chi connectivity index (χ1n) is 7.28. The summed E-state index contributed by atoms with van der Waals surface area (Å²) in [7, 11) is 0. The average molecular weight is 276 g/mol. The van der Waals surface area contributed by atoms with E-state index in [0.29, 0.717) is 0 Å². The Labute approximate surface area is 120 Å². The fourth-order valence-corrected chi connectivity index (χ4v) is 2.56. The number of likely N-dealkylation sites (tertiary alicyclic amines) is 1. The molecule has 1 amide bonds. The van der Waals surface area contributed by atoms with Crippen molar-refractivity contribution in [3.63, 3.8) is 0 Å². The van der Waals surface area contributed by atoms with Gasteiger partial charge < -0.3 is 10.4 Å². The van der Waals surface area contributed by atoms with Gasteiger partial charge in [-0.2, -0.15) is 0 Å². The predicted molar refractivity (Wildman–Crippen MR) is 80.8 cm³/mol. The number of rotatable bonds is 3. The first-order chi connectivity index (χ1) is 9.49. The first-order valence-corrected chi connectivity index (χ1v) is 7.28. The van der Waals surface area contributed by atoms with Gasteiger partial charge in [0.05, 0.1) is 12.1 Å². The summed E-state index contributed by atoms with van der Waals surface area (Å²) in [6.45, 7) is 7.55. The number of hydrogen-bond donors (Lipinski definition) is 2. The molecule has 1 aliphatic rings. The van der Waals surface area contributed by atoms with E-state index in [9.17, 15) is 9.90 Å². The lowest BCUT2D eigenvalue weighted by Crippen LogP contribution is -2.47. The monoisotopic (exact) mass is 276 g/mol. The summed E-state index contributed by atoms with van der Waals surface area (Å²) < 4.78 is 0. The van der Waals surface area contributed by atoms with Gasteiger partial charge >= 0.3 is 0 Å². The Hall–Kier alpha value is -1.39. The molecule has 0 bridgehead atoms. The van der Waals surface area contributed by atoms with Gasteiger partial charge in [-0.1, -0.05) is 12.1 Å². The molecule has 110 valence electrons. The number of nitrogens with one attached hydrogen (secondary N) is 1. The Morgan fingerprint density at radius 1 is 1.35 bits per heavy atom. The van der Waals surface area contributed by atoms with Gasteiger partial charge in [0.2, 0.25) is 5.91 Å². The Bertz CT molecular complexity index is 479. The SMILES string of the molecule is Cc1cccc(NC(=O)C(C)N2CCC(O)CC2)c1C. The summed E-state index contributed by atoms with van der Waals surface area (Å²) in [4.78, 5) is 14.5. The molecule has 2 rings (SSSR count). The number of aliphatic hydroxyl groups excluding tert-OH is 1. The number of piperidine rings is 1. The van der Waals surface area contributed by atoms with Crippen LogP contribution in [0.5, 0.6) is 0 Å². The van der Waals surface area contributed by atoms with Crippen LogP contribution in [0.25, 0.3) is 0 Å². The molecule has 20 heavy (non-hydrogen) atoms. The molecule has 2 N–H and O–H groups in total. The van der Waals surface area contributed by atoms with E-state index < -0.39 is 0 Å². The minimum Gasteiger partial charge on any atom is -0.393 e. The number of amides is 1. The highest BCUT2D eigenvalue weighted by atomic mass is 16.3. The van der Waals surface area contributed by atoms with Crippen molar-refractivity contribution in [2.75, 3.05) is 18.4 Å². The number of hydrogen-bond acceptors (Lipinski definition) is 3. The lowest BCUT2D eigenvalue weighted by atomic mass is 10.1. The van der Waals surface area contributed by atoms with Gasteiger partial charge in [0.15, 0.2) is 0 Å². The molecule has 1 heterocycles. The minimum absolute atomic E-state index is 0.0232. The normalized spacial score (nSPS) is 18.8. The maximum Gasteiger partial charge on any atom is 0.241 e. The van der Waals surface area contributed by atoms with Crippen LogP contribution in [0.4, 0.5) is 5.69 Å². The third-order valence-electron chi connectivity index (χ3n) is 4.29. The molecule has 0 radical (unpaired) electrons. The van der Waals surface area contributed by atoms with Crippen molar-refractivity contribution in [2.45, 2.75) is 45.8 Å². The highest BCUT2D eigenvalue weighted by Gasteiger charge is 2.25. The zero-order chi connectivity index (χ0) is 14.7. The molecule has 0 aromatic heterocycles. The molecule has 0 aliphatic carbocycles. The smallest absolute Gasteiger partial charge is 0.241 e. The number of benzene rings is 1. The van der Waals surface area contributed by atoms with Gasteiger partial charge in [-0.25, -0.2) is 0 Å². The van der Waals surface area contributed by atoms with E-state index in [1.807, 2.05) is 39.0 Å². The van der Waals surface area contributed by atoms with E-state index in [2.05, 4.69) is 10.2 Å². The van der Waals surface area contributed by atoms with E-state index in [1.54, 1.807) is 0 Å². The number of nitrogens with zero attached hydrogens (tertiary/aromatic N) is 1. The number of carbonyl (C=O) groups excluding carboxylic acids is 1. The zero-order valence-electron chi connectivity index (χ0n) is 12.5. The molecule has 1 saturated heterocycles. The molecule has 0 saturated carbocycles. The van der Waals surface area contributed by atoms with Crippen LogP contribution in [0.3, 0.4) is 0 Å². The van der Waals surface area contributed by atoms with Crippen molar-refractivity contribution in [2.24, 2.45) is 0 Å². The van der Waals surface area contributed by atoms with Crippen molar-refractivity contribution in [1.82, 2.24) is 4.90 Å². The zero-order valence-corrected chi connectivity index (χ0v) is 12.5. The molecular weight excluding hydrogens is 252 g/mol. The number of aliphatic hydroxyl groups is 1. The summed E-state index contributed by atoms with van der Waals surface area (Å²) in [6.07, 6.45) is 1.29. The maximum atomic E-state index is 12.3. The average Bonchev–Trinajstić information content (AvgIpc) is 2.44. The Morgan fingerprint density at radius 2 is 2.00 bits per heavy atom. The molecule has 1 atom stereocenters. The molecule has 4 nitrogen and oxygen atoms in total. The van der Waals surface area contributed by atoms with Gasteiger partial charge in [-0.05, 0) is 50.8 Å². The minimum atomic E-state index is -0.208. The van der Waals surface area contributed by atoms with Crippen molar-refractivity contribution in [1.29, 1.82) is 0 Å². The van der Waals surface area contributed by atoms with Crippen molar-refractivity contribution in [3.05, 3.63) is 29.3 Å². The fraction of sp³-hybridized carbons (Fsp3) is 0.562. The van der Waals surface area contributed by atoms with Crippen LogP contribution in [-0.2, 0) is 4.79 Å². The maximum absolute atomic E-state index is 12.3. The van der Waals surface area contributed by atoms with Crippen LogP contribution >= 0.6 is 0 Å².